The molecule has 1 fully saturated rings. The molecular weight excluding hydrogens is 249 g/mol. The topological polar surface area (TPSA) is 30.5 Å². The van der Waals surface area contributed by atoms with Crippen LogP contribution in [0.2, 0.25) is 0 Å². The van der Waals surface area contributed by atoms with E-state index in [0.717, 1.165) is 11.9 Å². The van der Waals surface area contributed by atoms with Crippen LogP contribution in [0.4, 0.5) is 5.69 Å². The molecule has 0 aromatic heterocycles. The van der Waals surface area contributed by atoms with Gasteiger partial charge in [0.1, 0.15) is 0 Å². The maximum Gasteiger partial charge on any atom is 0.494 e. The highest BCUT2D eigenvalue weighted by molar-refractivity contribution is 6.62. The lowest BCUT2D eigenvalue weighted by Gasteiger charge is -2.32. The number of nitrogens with one attached hydrogen (secondary N) is 1. The van der Waals surface area contributed by atoms with Crippen LogP contribution in [0.1, 0.15) is 46.6 Å². The van der Waals surface area contributed by atoms with Crippen molar-refractivity contribution in [1.29, 1.82) is 0 Å². The van der Waals surface area contributed by atoms with Gasteiger partial charge in [0.25, 0.3) is 0 Å². The minimum atomic E-state index is -0.277. The van der Waals surface area contributed by atoms with Gasteiger partial charge in [0, 0.05) is 11.7 Å². The minimum Gasteiger partial charge on any atom is -0.399 e. The van der Waals surface area contributed by atoms with Gasteiger partial charge in [0.2, 0.25) is 0 Å². The van der Waals surface area contributed by atoms with E-state index in [0.29, 0.717) is 6.04 Å². The second kappa shape index (κ2) is 4.50. The van der Waals surface area contributed by atoms with Gasteiger partial charge in [0.15, 0.2) is 0 Å². The fourth-order valence-corrected chi connectivity index (χ4v) is 2.80. The molecule has 4 heteroatoms. The normalized spacial score (nSPS) is 27.1. The highest BCUT2D eigenvalue weighted by Crippen LogP contribution is 2.36. The van der Waals surface area contributed by atoms with E-state index < -0.39 is 0 Å². The molecule has 1 aromatic carbocycles. The summed E-state index contributed by atoms with van der Waals surface area (Å²) in [5.74, 6) is 0. The van der Waals surface area contributed by atoms with Crippen molar-refractivity contribution in [2.75, 3.05) is 5.32 Å². The average molecular weight is 273 g/mol. The third kappa shape index (κ3) is 2.25. The fourth-order valence-electron chi connectivity index (χ4n) is 2.80. The van der Waals surface area contributed by atoms with Crippen molar-refractivity contribution in [1.82, 2.24) is 0 Å². The first kappa shape index (κ1) is 14.0. The first-order valence-corrected chi connectivity index (χ1v) is 7.53. The molecule has 108 valence electrons. The zero-order chi connectivity index (χ0) is 14.5. The molecule has 0 bridgehead atoms. The Morgan fingerprint density at radius 3 is 2.45 bits per heavy atom. The predicted molar refractivity (Wildman–Crippen MR) is 83.6 cm³/mol. The van der Waals surface area contributed by atoms with Crippen LogP contribution in [-0.4, -0.2) is 24.4 Å². The molecule has 0 spiro atoms. The number of hydrogen-bond donors (Lipinski definition) is 1. The van der Waals surface area contributed by atoms with Crippen molar-refractivity contribution in [3.63, 3.8) is 0 Å². The average Bonchev–Trinajstić information content (AvgIpc) is 2.58. The van der Waals surface area contributed by atoms with E-state index in [1.165, 1.54) is 17.7 Å². The highest BCUT2D eigenvalue weighted by Gasteiger charge is 2.51. The van der Waals surface area contributed by atoms with Crippen LogP contribution >= 0.6 is 0 Å². The van der Waals surface area contributed by atoms with Gasteiger partial charge in [-0.25, -0.2) is 0 Å². The van der Waals surface area contributed by atoms with Crippen molar-refractivity contribution < 1.29 is 9.31 Å². The highest BCUT2D eigenvalue weighted by atomic mass is 16.7. The summed E-state index contributed by atoms with van der Waals surface area (Å²) < 4.78 is 12.2. The van der Waals surface area contributed by atoms with E-state index >= 15 is 0 Å². The largest absolute Gasteiger partial charge is 0.494 e. The zero-order valence-electron chi connectivity index (χ0n) is 13.1. The van der Waals surface area contributed by atoms with Crippen LogP contribution in [-0.2, 0) is 15.7 Å². The molecule has 2 heterocycles. The van der Waals surface area contributed by atoms with Crippen molar-refractivity contribution in [3.05, 3.63) is 23.8 Å². The maximum absolute atomic E-state index is 6.12. The predicted octanol–water partition coefficient (Wildman–Crippen LogP) is 2.73. The Labute approximate surface area is 122 Å². The fraction of sp³-hybridized carbons (Fsp3) is 0.625. The first-order chi connectivity index (χ1) is 9.28. The number of benzene rings is 1. The molecule has 1 atom stereocenters. The molecular formula is C16H24BNO2. The van der Waals surface area contributed by atoms with Gasteiger partial charge in [-0.3, -0.25) is 0 Å². The number of aryl methyl sites for hydroxylation is 1. The van der Waals surface area contributed by atoms with Crippen molar-refractivity contribution in [2.45, 2.75) is 64.7 Å². The summed E-state index contributed by atoms with van der Waals surface area (Å²) in [6.07, 6.45) is 2.30. The van der Waals surface area contributed by atoms with Gasteiger partial charge in [0.05, 0.1) is 11.2 Å². The molecule has 1 saturated heterocycles. The van der Waals surface area contributed by atoms with Gasteiger partial charge in [-0.2, -0.15) is 0 Å². The van der Waals surface area contributed by atoms with Crippen molar-refractivity contribution in [2.24, 2.45) is 0 Å². The number of fused-ring (bicyclic) bond motifs is 1. The molecule has 0 amide bonds. The van der Waals surface area contributed by atoms with Crippen molar-refractivity contribution >= 4 is 18.3 Å². The lowest BCUT2D eigenvalue weighted by Crippen LogP contribution is -2.41. The van der Waals surface area contributed by atoms with E-state index in [4.69, 9.17) is 9.31 Å². The number of rotatable bonds is 1. The smallest absolute Gasteiger partial charge is 0.399 e. The van der Waals surface area contributed by atoms with Crippen LogP contribution < -0.4 is 10.8 Å². The molecule has 1 N–H and O–H groups in total. The summed E-state index contributed by atoms with van der Waals surface area (Å²) in [6.45, 7) is 10.6. The Hall–Kier alpha value is -0.995. The lowest BCUT2D eigenvalue weighted by molar-refractivity contribution is 0.00578. The second-order valence-electron chi connectivity index (χ2n) is 7.09. The van der Waals surface area contributed by atoms with Crippen LogP contribution in [0.15, 0.2) is 18.2 Å². The molecule has 3 nitrogen and oxygen atoms in total. The molecule has 2 aliphatic heterocycles. The second-order valence-corrected chi connectivity index (χ2v) is 7.09. The van der Waals surface area contributed by atoms with Crippen LogP contribution in [0, 0.1) is 0 Å². The summed E-state index contributed by atoms with van der Waals surface area (Å²) in [5.41, 5.74) is 3.19. The molecule has 1 unspecified atom stereocenters. The Morgan fingerprint density at radius 2 is 1.80 bits per heavy atom. The Morgan fingerprint density at radius 1 is 1.15 bits per heavy atom. The number of anilines is 1. The molecule has 1 aromatic rings. The monoisotopic (exact) mass is 273 g/mol. The van der Waals surface area contributed by atoms with E-state index in [-0.39, 0.29) is 18.3 Å². The standard InChI is InChI=1S/C16H24BNO2/c1-11-6-7-12-10-13(8-9-14(12)18-11)17-19-15(2,3)16(4,5)20-17/h8-11,18H,6-7H2,1-5H3. The Balaban J connectivity index is 1.86. The minimum absolute atomic E-state index is 0.260. The Kier molecular flexibility index (Phi) is 3.14. The summed E-state index contributed by atoms with van der Waals surface area (Å²) in [6, 6.07) is 7.07. The SMILES string of the molecule is CC1CCc2cc(B3OC(C)(C)C(C)(C)O3)ccc2N1. The first-order valence-electron chi connectivity index (χ1n) is 7.53. The zero-order valence-corrected chi connectivity index (χ0v) is 13.1. The Bertz CT molecular complexity index is 511. The summed E-state index contributed by atoms with van der Waals surface area (Å²) in [4.78, 5) is 0. The maximum atomic E-state index is 6.12. The molecule has 3 rings (SSSR count). The van der Waals surface area contributed by atoms with Crippen molar-refractivity contribution in [3.8, 4) is 0 Å². The van der Waals surface area contributed by atoms with Gasteiger partial charge < -0.3 is 14.6 Å². The summed E-state index contributed by atoms with van der Waals surface area (Å²) in [5, 5.41) is 3.53. The molecule has 0 saturated carbocycles. The van der Waals surface area contributed by atoms with Gasteiger partial charge in [-0.1, -0.05) is 12.1 Å². The third-order valence-corrected chi connectivity index (χ3v) is 4.90. The lowest BCUT2D eigenvalue weighted by atomic mass is 9.77. The molecule has 0 aliphatic carbocycles. The summed E-state index contributed by atoms with van der Waals surface area (Å²) in [7, 11) is -0.260. The van der Waals surface area contributed by atoms with E-state index in [2.05, 4.69) is 58.1 Å². The summed E-state index contributed by atoms with van der Waals surface area (Å²) >= 11 is 0. The van der Waals surface area contributed by atoms with Crippen LogP contribution in [0.3, 0.4) is 0 Å². The quantitative estimate of drug-likeness (QED) is 0.798. The van der Waals surface area contributed by atoms with Gasteiger partial charge in [-0.15, -0.1) is 0 Å². The van der Waals surface area contributed by atoms with Crippen LogP contribution in [0.25, 0.3) is 0 Å². The van der Waals surface area contributed by atoms with Gasteiger partial charge >= 0.3 is 7.12 Å². The van der Waals surface area contributed by atoms with Crippen LogP contribution in [0.5, 0.6) is 0 Å². The molecule has 20 heavy (non-hydrogen) atoms. The van der Waals surface area contributed by atoms with E-state index in [1.54, 1.807) is 0 Å². The van der Waals surface area contributed by atoms with Gasteiger partial charge in [-0.05, 0) is 64.6 Å². The van der Waals surface area contributed by atoms with E-state index in [9.17, 15) is 0 Å². The third-order valence-electron chi connectivity index (χ3n) is 4.90. The van der Waals surface area contributed by atoms with E-state index in [1.807, 2.05) is 0 Å². The molecule has 0 radical (unpaired) electrons. The number of hydrogen-bond acceptors (Lipinski definition) is 3. The molecule has 2 aliphatic rings.